The van der Waals surface area contributed by atoms with Crippen molar-refractivity contribution in [2.75, 3.05) is 26.4 Å². The molecule has 0 aromatic carbocycles. The normalized spacial score (nSPS) is 21.6. The number of nitrogens with one attached hydrogen (secondary N) is 1. The Hall–Kier alpha value is -1.56. The van der Waals surface area contributed by atoms with Crippen molar-refractivity contribution in [3.05, 3.63) is 12.2 Å². The van der Waals surface area contributed by atoms with Gasteiger partial charge in [0.1, 0.15) is 12.2 Å². The van der Waals surface area contributed by atoms with Crippen LogP contribution in [0.4, 0.5) is 4.79 Å². The van der Waals surface area contributed by atoms with E-state index in [2.05, 4.69) is 11.9 Å². The number of hydrogen-bond donors (Lipinski definition) is 1. The van der Waals surface area contributed by atoms with Crippen LogP contribution in [0.1, 0.15) is 27.2 Å². The SMILES string of the molecule is C=C(C)C(=O)OCCNC(=O)OC1(C(C)C)CCOC1. The largest absolute Gasteiger partial charge is 0.460 e. The van der Waals surface area contributed by atoms with Gasteiger partial charge in [0, 0.05) is 12.0 Å². The summed E-state index contributed by atoms with van der Waals surface area (Å²) in [6, 6.07) is 0. The zero-order valence-electron chi connectivity index (χ0n) is 12.4. The van der Waals surface area contributed by atoms with Crippen LogP contribution in [0.25, 0.3) is 0 Å². The molecule has 1 heterocycles. The van der Waals surface area contributed by atoms with Crippen molar-refractivity contribution in [2.45, 2.75) is 32.8 Å². The average Bonchev–Trinajstić information content (AvgIpc) is 2.84. The van der Waals surface area contributed by atoms with Crippen LogP contribution in [0.2, 0.25) is 0 Å². The number of carbonyl (C=O) groups excluding carboxylic acids is 2. The highest BCUT2D eigenvalue weighted by Crippen LogP contribution is 2.31. The Balaban J connectivity index is 2.29. The van der Waals surface area contributed by atoms with Gasteiger partial charge in [0.25, 0.3) is 0 Å². The maximum Gasteiger partial charge on any atom is 0.407 e. The van der Waals surface area contributed by atoms with Gasteiger partial charge in [-0.25, -0.2) is 9.59 Å². The van der Waals surface area contributed by atoms with Crippen molar-refractivity contribution in [1.29, 1.82) is 0 Å². The van der Waals surface area contributed by atoms with Crippen LogP contribution in [0.15, 0.2) is 12.2 Å². The van der Waals surface area contributed by atoms with E-state index < -0.39 is 17.7 Å². The number of carbonyl (C=O) groups is 2. The Morgan fingerprint density at radius 2 is 2.15 bits per heavy atom. The first-order valence-electron chi connectivity index (χ1n) is 6.74. The lowest BCUT2D eigenvalue weighted by molar-refractivity contribution is -0.138. The molecular formula is C14H23NO5. The molecule has 1 N–H and O–H groups in total. The molecule has 0 spiro atoms. The van der Waals surface area contributed by atoms with Gasteiger partial charge < -0.3 is 19.5 Å². The highest BCUT2D eigenvalue weighted by atomic mass is 16.6. The Kier molecular flexibility index (Phi) is 6.01. The summed E-state index contributed by atoms with van der Waals surface area (Å²) in [6.45, 7) is 10.3. The quantitative estimate of drug-likeness (QED) is 0.456. The third-order valence-corrected chi connectivity index (χ3v) is 3.32. The summed E-state index contributed by atoms with van der Waals surface area (Å²) in [5.41, 5.74) is -0.229. The molecule has 1 fully saturated rings. The predicted molar refractivity (Wildman–Crippen MR) is 73.3 cm³/mol. The maximum atomic E-state index is 11.7. The molecule has 20 heavy (non-hydrogen) atoms. The summed E-state index contributed by atoms with van der Waals surface area (Å²) >= 11 is 0. The monoisotopic (exact) mass is 285 g/mol. The lowest BCUT2D eigenvalue weighted by Crippen LogP contribution is -2.44. The van der Waals surface area contributed by atoms with Gasteiger partial charge in [-0.05, 0) is 12.8 Å². The summed E-state index contributed by atoms with van der Waals surface area (Å²) in [6.07, 6.45) is 0.179. The molecule has 0 radical (unpaired) electrons. The fourth-order valence-corrected chi connectivity index (χ4v) is 1.86. The van der Waals surface area contributed by atoms with Gasteiger partial charge in [-0.15, -0.1) is 0 Å². The molecule has 1 saturated heterocycles. The van der Waals surface area contributed by atoms with Crippen LogP contribution in [-0.2, 0) is 19.0 Å². The van der Waals surface area contributed by atoms with E-state index in [1.807, 2.05) is 13.8 Å². The van der Waals surface area contributed by atoms with E-state index >= 15 is 0 Å². The predicted octanol–water partition coefficient (Wildman–Crippen LogP) is 1.65. The van der Waals surface area contributed by atoms with E-state index in [0.717, 1.165) is 0 Å². The lowest BCUT2D eigenvalue weighted by Gasteiger charge is -2.31. The molecule has 0 saturated carbocycles. The van der Waals surface area contributed by atoms with E-state index in [1.54, 1.807) is 6.92 Å². The summed E-state index contributed by atoms with van der Waals surface area (Å²) in [4.78, 5) is 22.9. The molecule has 0 aromatic rings. The van der Waals surface area contributed by atoms with Crippen molar-refractivity contribution in [3.8, 4) is 0 Å². The molecule has 1 atom stereocenters. The van der Waals surface area contributed by atoms with Gasteiger partial charge in [-0.3, -0.25) is 0 Å². The number of ether oxygens (including phenoxy) is 3. The van der Waals surface area contributed by atoms with Crippen LogP contribution in [-0.4, -0.2) is 44.0 Å². The summed E-state index contributed by atoms with van der Waals surface area (Å²) in [5.74, 6) is -0.292. The molecule has 0 aromatic heterocycles. The topological polar surface area (TPSA) is 73.9 Å². The number of amides is 1. The van der Waals surface area contributed by atoms with Crippen molar-refractivity contribution in [1.82, 2.24) is 5.32 Å². The number of esters is 1. The van der Waals surface area contributed by atoms with Crippen molar-refractivity contribution in [2.24, 2.45) is 5.92 Å². The molecular weight excluding hydrogens is 262 g/mol. The highest BCUT2D eigenvalue weighted by Gasteiger charge is 2.41. The smallest absolute Gasteiger partial charge is 0.407 e. The fraction of sp³-hybridized carbons (Fsp3) is 0.714. The molecule has 6 nitrogen and oxygen atoms in total. The van der Waals surface area contributed by atoms with E-state index in [-0.39, 0.29) is 19.1 Å². The first-order chi connectivity index (χ1) is 9.37. The first kappa shape index (κ1) is 16.5. The van der Waals surface area contributed by atoms with Crippen molar-refractivity contribution >= 4 is 12.1 Å². The van der Waals surface area contributed by atoms with Crippen LogP contribution >= 0.6 is 0 Å². The van der Waals surface area contributed by atoms with Gasteiger partial charge in [-0.2, -0.15) is 0 Å². The van der Waals surface area contributed by atoms with Crippen LogP contribution in [0.3, 0.4) is 0 Å². The van der Waals surface area contributed by atoms with Crippen molar-refractivity contribution < 1.29 is 23.8 Å². The Morgan fingerprint density at radius 3 is 2.65 bits per heavy atom. The Morgan fingerprint density at radius 1 is 1.45 bits per heavy atom. The number of hydrogen-bond acceptors (Lipinski definition) is 5. The number of alkyl carbamates (subject to hydrolysis) is 1. The molecule has 0 aliphatic carbocycles. The Labute approximate surface area is 119 Å². The van der Waals surface area contributed by atoms with Crippen LogP contribution < -0.4 is 5.32 Å². The zero-order valence-corrected chi connectivity index (χ0v) is 12.4. The van der Waals surface area contributed by atoms with E-state index in [1.165, 1.54) is 0 Å². The minimum absolute atomic E-state index is 0.0893. The lowest BCUT2D eigenvalue weighted by atomic mass is 9.89. The Bertz CT molecular complexity index is 372. The van der Waals surface area contributed by atoms with Crippen LogP contribution in [0.5, 0.6) is 0 Å². The average molecular weight is 285 g/mol. The van der Waals surface area contributed by atoms with E-state index in [4.69, 9.17) is 14.2 Å². The first-order valence-corrected chi connectivity index (χ1v) is 6.74. The van der Waals surface area contributed by atoms with Gasteiger partial charge in [0.2, 0.25) is 0 Å². The molecule has 1 amide bonds. The number of rotatable bonds is 6. The third kappa shape index (κ3) is 4.52. The van der Waals surface area contributed by atoms with E-state index in [0.29, 0.717) is 25.2 Å². The highest BCUT2D eigenvalue weighted by molar-refractivity contribution is 5.86. The van der Waals surface area contributed by atoms with Crippen molar-refractivity contribution in [3.63, 3.8) is 0 Å². The third-order valence-electron chi connectivity index (χ3n) is 3.32. The molecule has 1 unspecified atom stereocenters. The van der Waals surface area contributed by atoms with E-state index in [9.17, 15) is 9.59 Å². The second kappa shape index (κ2) is 7.28. The second-order valence-electron chi connectivity index (χ2n) is 5.25. The van der Waals surface area contributed by atoms with Gasteiger partial charge >= 0.3 is 12.1 Å². The molecule has 1 rings (SSSR count). The minimum atomic E-state index is -0.557. The maximum absolute atomic E-state index is 11.7. The van der Waals surface area contributed by atoms with Gasteiger partial charge in [-0.1, -0.05) is 20.4 Å². The van der Waals surface area contributed by atoms with Gasteiger partial charge in [0.15, 0.2) is 0 Å². The standard InChI is InChI=1S/C14H23NO5/c1-10(2)12(16)19-8-6-15-13(17)20-14(11(3)4)5-7-18-9-14/h11H,1,5-9H2,2-4H3,(H,15,17). The second-order valence-corrected chi connectivity index (χ2v) is 5.25. The molecule has 114 valence electrons. The van der Waals surface area contributed by atoms with Gasteiger partial charge in [0.05, 0.1) is 19.8 Å². The minimum Gasteiger partial charge on any atom is -0.460 e. The molecule has 1 aliphatic heterocycles. The molecule has 1 aliphatic rings. The zero-order chi connectivity index (χ0) is 15.2. The van der Waals surface area contributed by atoms with Crippen LogP contribution in [0, 0.1) is 5.92 Å². The summed E-state index contributed by atoms with van der Waals surface area (Å²) in [5, 5.41) is 2.56. The molecule has 0 bridgehead atoms. The summed E-state index contributed by atoms with van der Waals surface area (Å²) < 4.78 is 15.7. The summed E-state index contributed by atoms with van der Waals surface area (Å²) in [7, 11) is 0. The fourth-order valence-electron chi connectivity index (χ4n) is 1.86. The molecule has 6 heteroatoms.